The van der Waals surface area contributed by atoms with E-state index in [2.05, 4.69) is 15.4 Å². The van der Waals surface area contributed by atoms with Gasteiger partial charge in [0.2, 0.25) is 15.9 Å². The first-order valence-electron chi connectivity index (χ1n) is 9.36. The predicted molar refractivity (Wildman–Crippen MR) is 118 cm³/mol. The topological polar surface area (TPSA) is 104 Å². The van der Waals surface area contributed by atoms with Crippen LogP contribution in [0.15, 0.2) is 41.3 Å². The Kier molecular flexibility index (Phi) is 7.02. The van der Waals surface area contributed by atoms with Crippen molar-refractivity contribution in [1.82, 2.24) is 4.72 Å². The molecule has 0 heterocycles. The van der Waals surface area contributed by atoms with Gasteiger partial charge in [0.25, 0.3) is 5.91 Å². The molecule has 7 nitrogen and oxygen atoms in total. The fourth-order valence-electron chi connectivity index (χ4n) is 3.27. The molecule has 3 N–H and O–H groups in total. The molecule has 0 spiro atoms. The fraction of sp³-hybridized carbons (Fsp3) is 0.300. The van der Waals surface area contributed by atoms with Crippen molar-refractivity contribution in [3.63, 3.8) is 0 Å². The SMILES string of the molecule is CC(=O)Nc1ccc(NC(=O)c2cc(S(=O)(=O)NC3CCCC3)c(Cl)cc2Cl)cc1. The lowest BCUT2D eigenvalue weighted by atomic mass is 10.2. The summed E-state index contributed by atoms with van der Waals surface area (Å²) < 4.78 is 28.2. The Morgan fingerprint density at radius 3 is 2.07 bits per heavy atom. The van der Waals surface area contributed by atoms with E-state index in [0.29, 0.717) is 11.4 Å². The summed E-state index contributed by atoms with van der Waals surface area (Å²) >= 11 is 12.3. The third-order valence-corrected chi connectivity index (χ3v) is 6.99. The summed E-state index contributed by atoms with van der Waals surface area (Å²) in [5.41, 5.74) is 1.02. The second kappa shape index (κ2) is 9.34. The van der Waals surface area contributed by atoms with Crippen molar-refractivity contribution in [3.8, 4) is 0 Å². The van der Waals surface area contributed by atoms with E-state index < -0.39 is 15.9 Å². The summed E-state index contributed by atoms with van der Waals surface area (Å²) in [6.45, 7) is 1.39. The third-order valence-electron chi connectivity index (χ3n) is 4.70. The minimum absolute atomic E-state index is 0.0150. The molecule has 0 saturated heterocycles. The molecule has 1 aliphatic rings. The Morgan fingerprint density at radius 1 is 0.933 bits per heavy atom. The van der Waals surface area contributed by atoms with E-state index >= 15 is 0 Å². The Bertz CT molecular complexity index is 1070. The van der Waals surface area contributed by atoms with Crippen molar-refractivity contribution >= 4 is 56.4 Å². The highest BCUT2D eigenvalue weighted by molar-refractivity contribution is 7.89. The van der Waals surface area contributed by atoms with E-state index in [1.54, 1.807) is 24.3 Å². The zero-order valence-corrected chi connectivity index (χ0v) is 18.5. The van der Waals surface area contributed by atoms with Gasteiger partial charge in [-0.15, -0.1) is 0 Å². The number of rotatable bonds is 6. The van der Waals surface area contributed by atoms with Crippen molar-refractivity contribution in [2.45, 2.75) is 43.5 Å². The van der Waals surface area contributed by atoms with Crippen molar-refractivity contribution in [3.05, 3.63) is 52.0 Å². The molecule has 0 bridgehead atoms. The van der Waals surface area contributed by atoms with Crippen LogP contribution in [0, 0.1) is 0 Å². The fourth-order valence-corrected chi connectivity index (χ4v) is 5.44. The van der Waals surface area contributed by atoms with E-state index in [1.165, 1.54) is 19.1 Å². The van der Waals surface area contributed by atoms with Crippen LogP contribution in [-0.2, 0) is 14.8 Å². The molecule has 0 aromatic heterocycles. The summed E-state index contributed by atoms with van der Waals surface area (Å²) in [5.74, 6) is -0.791. The first kappa shape index (κ1) is 22.6. The summed E-state index contributed by atoms with van der Waals surface area (Å²) in [6, 6.07) is 8.76. The van der Waals surface area contributed by atoms with Gasteiger partial charge in [0, 0.05) is 24.3 Å². The number of nitrogens with one attached hydrogen (secondary N) is 3. The van der Waals surface area contributed by atoms with Crippen LogP contribution in [-0.4, -0.2) is 26.3 Å². The van der Waals surface area contributed by atoms with Crippen molar-refractivity contribution in [2.24, 2.45) is 0 Å². The number of benzene rings is 2. The number of hydrogen-bond donors (Lipinski definition) is 3. The first-order chi connectivity index (χ1) is 14.2. The number of hydrogen-bond acceptors (Lipinski definition) is 4. The number of carbonyl (C=O) groups excluding carboxylic acids is 2. The van der Waals surface area contributed by atoms with Gasteiger partial charge in [-0.1, -0.05) is 36.0 Å². The van der Waals surface area contributed by atoms with Crippen LogP contribution in [0.3, 0.4) is 0 Å². The highest BCUT2D eigenvalue weighted by atomic mass is 35.5. The van der Waals surface area contributed by atoms with Gasteiger partial charge in [-0.05, 0) is 49.2 Å². The highest BCUT2D eigenvalue weighted by Gasteiger charge is 2.27. The third kappa shape index (κ3) is 5.51. The monoisotopic (exact) mass is 469 g/mol. The molecule has 1 fully saturated rings. The van der Waals surface area contributed by atoms with Gasteiger partial charge in [0.1, 0.15) is 4.90 Å². The molecular weight excluding hydrogens is 449 g/mol. The van der Waals surface area contributed by atoms with E-state index in [-0.39, 0.29) is 32.5 Å². The van der Waals surface area contributed by atoms with Gasteiger partial charge in [-0.2, -0.15) is 0 Å². The summed E-state index contributed by atoms with van der Waals surface area (Å²) in [4.78, 5) is 23.6. The second-order valence-electron chi connectivity index (χ2n) is 7.08. The van der Waals surface area contributed by atoms with Crippen molar-refractivity contribution in [1.29, 1.82) is 0 Å². The van der Waals surface area contributed by atoms with Crippen molar-refractivity contribution in [2.75, 3.05) is 10.6 Å². The molecular formula is C20H21Cl2N3O4S. The molecule has 160 valence electrons. The van der Waals surface area contributed by atoms with Gasteiger partial charge < -0.3 is 10.6 Å². The molecule has 2 aromatic carbocycles. The average molecular weight is 470 g/mol. The average Bonchev–Trinajstić information content (AvgIpc) is 3.14. The van der Waals surface area contributed by atoms with Gasteiger partial charge in [0.05, 0.1) is 15.6 Å². The molecule has 0 radical (unpaired) electrons. The Labute approximate surface area is 185 Å². The molecule has 3 rings (SSSR count). The maximum Gasteiger partial charge on any atom is 0.257 e. The van der Waals surface area contributed by atoms with Crippen LogP contribution in [0.2, 0.25) is 10.0 Å². The molecule has 1 aliphatic carbocycles. The van der Waals surface area contributed by atoms with Crippen LogP contribution in [0.5, 0.6) is 0 Å². The molecule has 10 heteroatoms. The van der Waals surface area contributed by atoms with E-state index in [4.69, 9.17) is 23.2 Å². The smallest absolute Gasteiger partial charge is 0.257 e. The lowest BCUT2D eigenvalue weighted by Crippen LogP contribution is -2.33. The largest absolute Gasteiger partial charge is 0.326 e. The molecule has 2 amide bonds. The Hall–Kier alpha value is -2.13. The number of anilines is 2. The van der Waals surface area contributed by atoms with Crippen LogP contribution in [0.4, 0.5) is 11.4 Å². The summed E-state index contributed by atoms with van der Waals surface area (Å²) in [6.07, 6.45) is 3.48. The van der Waals surface area contributed by atoms with E-state index in [9.17, 15) is 18.0 Å². The minimum atomic E-state index is -3.90. The molecule has 2 aromatic rings. The number of amides is 2. The molecule has 0 atom stereocenters. The number of carbonyl (C=O) groups is 2. The standard InChI is InChI=1S/C20H21Cl2N3O4S/c1-12(26)23-13-6-8-14(9-7-13)24-20(27)16-10-19(18(22)11-17(16)21)30(28,29)25-15-4-2-3-5-15/h6-11,15,25H,2-5H2,1H3,(H,23,26)(H,24,27). The first-order valence-corrected chi connectivity index (χ1v) is 11.6. The van der Waals surface area contributed by atoms with Gasteiger partial charge in [0.15, 0.2) is 0 Å². The zero-order valence-electron chi connectivity index (χ0n) is 16.2. The second-order valence-corrected chi connectivity index (χ2v) is 9.57. The van der Waals surface area contributed by atoms with Crippen LogP contribution < -0.4 is 15.4 Å². The van der Waals surface area contributed by atoms with Crippen LogP contribution in [0.1, 0.15) is 43.0 Å². The Morgan fingerprint density at radius 2 is 1.50 bits per heavy atom. The molecule has 30 heavy (non-hydrogen) atoms. The van der Waals surface area contributed by atoms with Gasteiger partial charge in [-0.25, -0.2) is 13.1 Å². The molecule has 0 aliphatic heterocycles. The molecule has 0 unspecified atom stereocenters. The number of halogens is 2. The maximum atomic E-state index is 12.8. The van der Waals surface area contributed by atoms with E-state index in [1.807, 2.05) is 0 Å². The lowest BCUT2D eigenvalue weighted by molar-refractivity contribution is -0.114. The summed E-state index contributed by atoms with van der Waals surface area (Å²) in [5, 5.41) is 5.26. The highest BCUT2D eigenvalue weighted by Crippen LogP contribution is 2.30. The van der Waals surface area contributed by atoms with Gasteiger partial charge >= 0.3 is 0 Å². The molecule has 1 saturated carbocycles. The zero-order chi connectivity index (χ0) is 21.9. The van der Waals surface area contributed by atoms with Gasteiger partial charge in [-0.3, -0.25) is 9.59 Å². The minimum Gasteiger partial charge on any atom is -0.326 e. The van der Waals surface area contributed by atoms with Crippen molar-refractivity contribution < 1.29 is 18.0 Å². The number of sulfonamides is 1. The van der Waals surface area contributed by atoms with Crippen LogP contribution >= 0.6 is 23.2 Å². The normalized spacial score (nSPS) is 14.5. The Balaban J connectivity index is 1.82. The summed E-state index contributed by atoms with van der Waals surface area (Å²) in [7, 11) is -3.90. The lowest BCUT2D eigenvalue weighted by Gasteiger charge is -2.15. The quantitative estimate of drug-likeness (QED) is 0.581. The maximum absolute atomic E-state index is 12.8. The predicted octanol–water partition coefficient (Wildman–Crippen LogP) is 4.43. The van der Waals surface area contributed by atoms with E-state index in [0.717, 1.165) is 25.7 Å². The van der Waals surface area contributed by atoms with Crippen LogP contribution in [0.25, 0.3) is 0 Å².